The summed E-state index contributed by atoms with van der Waals surface area (Å²) in [6.45, 7) is 8.83. The minimum Gasteiger partial charge on any atom is -0.0836 e. The van der Waals surface area contributed by atoms with Crippen molar-refractivity contribution in [3.63, 3.8) is 0 Å². The first-order valence-electron chi connectivity index (χ1n) is 5.94. The van der Waals surface area contributed by atoms with E-state index < -0.39 is 0 Å². The van der Waals surface area contributed by atoms with Crippen molar-refractivity contribution in [1.82, 2.24) is 0 Å². The molecule has 0 saturated heterocycles. The van der Waals surface area contributed by atoms with Gasteiger partial charge >= 0.3 is 0 Å². The molecule has 82 valence electrons. The molecular formula is C15H22. The number of rotatable bonds is 4. The molecule has 0 nitrogen and oxygen atoms in total. The summed E-state index contributed by atoms with van der Waals surface area (Å²) in [6, 6.07) is 9.01. The maximum Gasteiger partial charge on any atom is -0.0216 e. The molecule has 0 aromatic heterocycles. The zero-order chi connectivity index (χ0) is 11.3. The topological polar surface area (TPSA) is 0 Å². The second kappa shape index (κ2) is 5.75. The van der Waals surface area contributed by atoms with Crippen LogP contribution in [0.5, 0.6) is 0 Å². The molecule has 0 heteroatoms. The van der Waals surface area contributed by atoms with Gasteiger partial charge in [-0.3, -0.25) is 0 Å². The van der Waals surface area contributed by atoms with Crippen LogP contribution in [-0.4, -0.2) is 0 Å². The number of benzene rings is 1. The van der Waals surface area contributed by atoms with Crippen molar-refractivity contribution in [3.8, 4) is 0 Å². The highest BCUT2D eigenvalue weighted by molar-refractivity contribution is 5.66. The molecule has 0 fully saturated rings. The third-order valence-corrected chi connectivity index (χ3v) is 2.76. The minimum atomic E-state index is 0.604. The molecule has 1 aromatic rings. The van der Waals surface area contributed by atoms with E-state index in [2.05, 4.69) is 58.0 Å². The van der Waals surface area contributed by atoms with E-state index in [0.29, 0.717) is 5.92 Å². The standard InChI is InChI=1S/C15H22/c1-5-7-13-8-10-14(11-9-13)15(6-2)12(3)4/h6,8-12H,5,7H2,1-4H3. The van der Waals surface area contributed by atoms with Gasteiger partial charge in [0.15, 0.2) is 0 Å². The summed E-state index contributed by atoms with van der Waals surface area (Å²) in [7, 11) is 0. The third kappa shape index (κ3) is 3.23. The quantitative estimate of drug-likeness (QED) is 0.664. The van der Waals surface area contributed by atoms with Gasteiger partial charge in [0.05, 0.1) is 0 Å². The van der Waals surface area contributed by atoms with Crippen LogP contribution in [0.3, 0.4) is 0 Å². The van der Waals surface area contributed by atoms with Crippen molar-refractivity contribution in [1.29, 1.82) is 0 Å². The third-order valence-electron chi connectivity index (χ3n) is 2.76. The molecule has 0 saturated carbocycles. The van der Waals surface area contributed by atoms with Crippen molar-refractivity contribution in [2.45, 2.75) is 40.5 Å². The van der Waals surface area contributed by atoms with Crippen molar-refractivity contribution in [3.05, 3.63) is 41.5 Å². The number of hydrogen-bond acceptors (Lipinski definition) is 0. The monoisotopic (exact) mass is 202 g/mol. The Balaban J connectivity index is 2.88. The normalized spacial score (nSPS) is 12.2. The lowest BCUT2D eigenvalue weighted by Crippen LogP contribution is -1.93. The molecule has 0 N–H and O–H groups in total. The van der Waals surface area contributed by atoms with Crippen LogP contribution in [0.25, 0.3) is 5.57 Å². The highest BCUT2D eigenvalue weighted by Crippen LogP contribution is 2.23. The number of hydrogen-bond donors (Lipinski definition) is 0. The molecule has 0 spiro atoms. The van der Waals surface area contributed by atoms with E-state index >= 15 is 0 Å². The maximum absolute atomic E-state index is 2.25. The van der Waals surface area contributed by atoms with Crippen molar-refractivity contribution >= 4 is 5.57 Å². The SMILES string of the molecule is CC=C(c1ccc(CCC)cc1)C(C)C. The zero-order valence-electron chi connectivity index (χ0n) is 10.4. The van der Waals surface area contributed by atoms with Crippen LogP contribution in [0.15, 0.2) is 30.3 Å². The van der Waals surface area contributed by atoms with Gasteiger partial charge in [-0.1, -0.05) is 57.5 Å². The largest absolute Gasteiger partial charge is 0.0836 e. The van der Waals surface area contributed by atoms with Crippen LogP contribution in [0.4, 0.5) is 0 Å². The summed E-state index contributed by atoms with van der Waals surface area (Å²) in [4.78, 5) is 0. The van der Waals surface area contributed by atoms with Gasteiger partial charge in [0.1, 0.15) is 0 Å². The Bertz CT molecular complexity index is 314. The van der Waals surface area contributed by atoms with E-state index in [9.17, 15) is 0 Å². The Hall–Kier alpha value is -1.04. The van der Waals surface area contributed by atoms with Crippen molar-refractivity contribution < 1.29 is 0 Å². The van der Waals surface area contributed by atoms with Gasteiger partial charge in [0.25, 0.3) is 0 Å². The van der Waals surface area contributed by atoms with E-state index in [1.807, 2.05) is 0 Å². The van der Waals surface area contributed by atoms with Gasteiger partial charge in [-0.2, -0.15) is 0 Å². The average Bonchev–Trinajstić information content (AvgIpc) is 2.21. The molecule has 0 aliphatic heterocycles. The molecule has 0 radical (unpaired) electrons. The fourth-order valence-corrected chi connectivity index (χ4v) is 1.99. The second-order valence-corrected chi connectivity index (χ2v) is 4.35. The van der Waals surface area contributed by atoms with Crippen LogP contribution in [0.1, 0.15) is 45.2 Å². The van der Waals surface area contributed by atoms with Crippen LogP contribution >= 0.6 is 0 Å². The summed E-state index contributed by atoms with van der Waals surface area (Å²) in [5.74, 6) is 0.604. The van der Waals surface area contributed by atoms with Crippen molar-refractivity contribution in [2.75, 3.05) is 0 Å². The molecule has 0 unspecified atom stereocenters. The van der Waals surface area contributed by atoms with Gasteiger partial charge < -0.3 is 0 Å². The molecule has 0 aliphatic carbocycles. The number of allylic oxidation sites excluding steroid dienone is 2. The molecule has 0 bridgehead atoms. The Labute approximate surface area is 94.0 Å². The van der Waals surface area contributed by atoms with Crippen LogP contribution in [0.2, 0.25) is 0 Å². The minimum absolute atomic E-state index is 0.604. The fourth-order valence-electron chi connectivity index (χ4n) is 1.99. The Morgan fingerprint density at radius 3 is 2.20 bits per heavy atom. The zero-order valence-corrected chi connectivity index (χ0v) is 10.4. The molecule has 0 heterocycles. The predicted molar refractivity (Wildman–Crippen MR) is 68.9 cm³/mol. The lowest BCUT2D eigenvalue weighted by molar-refractivity contribution is 0.853. The van der Waals surface area contributed by atoms with Gasteiger partial charge in [-0.15, -0.1) is 0 Å². The highest BCUT2D eigenvalue weighted by Gasteiger charge is 2.04. The summed E-state index contributed by atoms with van der Waals surface area (Å²) >= 11 is 0. The number of aryl methyl sites for hydroxylation is 1. The molecule has 1 aromatic carbocycles. The van der Waals surface area contributed by atoms with Crippen LogP contribution in [0, 0.1) is 5.92 Å². The smallest absolute Gasteiger partial charge is 0.0216 e. The van der Waals surface area contributed by atoms with Gasteiger partial charge in [-0.25, -0.2) is 0 Å². The molecule has 1 rings (SSSR count). The van der Waals surface area contributed by atoms with Crippen molar-refractivity contribution in [2.24, 2.45) is 5.92 Å². The van der Waals surface area contributed by atoms with Gasteiger partial charge in [0.2, 0.25) is 0 Å². The summed E-state index contributed by atoms with van der Waals surface area (Å²) in [5, 5.41) is 0. The molecule has 15 heavy (non-hydrogen) atoms. The molecular weight excluding hydrogens is 180 g/mol. The second-order valence-electron chi connectivity index (χ2n) is 4.35. The molecule has 0 amide bonds. The predicted octanol–water partition coefficient (Wildman–Crippen LogP) is 4.70. The highest BCUT2D eigenvalue weighted by atomic mass is 14.1. The molecule has 0 aliphatic rings. The first-order chi connectivity index (χ1) is 7.19. The summed E-state index contributed by atoms with van der Waals surface area (Å²) in [6.07, 6.45) is 4.63. The van der Waals surface area contributed by atoms with E-state index in [0.717, 1.165) is 0 Å². The average molecular weight is 202 g/mol. The lowest BCUT2D eigenvalue weighted by Gasteiger charge is -2.11. The van der Waals surface area contributed by atoms with E-state index in [1.165, 1.54) is 29.5 Å². The maximum atomic E-state index is 2.25. The van der Waals surface area contributed by atoms with Crippen LogP contribution < -0.4 is 0 Å². The summed E-state index contributed by atoms with van der Waals surface area (Å²) in [5.41, 5.74) is 4.26. The fraction of sp³-hybridized carbons (Fsp3) is 0.467. The first-order valence-corrected chi connectivity index (χ1v) is 5.94. The molecule has 0 atom stereocenters. The Morgan fingerprint density at radius 2 is 1.80 bits per heavy atom. The Kier molecular flexibility index (Phi) is 4.61. The van der Waals surface area contributed by atoms with Gasteiger partial charge in [0, 0.05) is 0 Å². The lowest BCUT2D eigenvalue weighted by atomic mass is 9.94. The van der Waals surface area contributed by atoms with Gasteiger partial charge in [-0.05, 0) is 36.0 Å². The first kappa shape index (κ1) is 12.0. The van der Waals surface area contributed by atoms with Crippen LogP contribution in [-0.2, 0) is 6.42 Å². The van der Waals surface area contributed by atoms with E-state index in [-0.39, 0.29) is 0 Å². The summed E-state index contributed by atoms with van der Waals surface area (Å²) < 4.78 is 0. The Morgan fingerprint density at radius 1 is 1.20 bits per heavy atom. The van der Waals surface area contributed by atoms with E-state index in [1.54, 1.807) is 0 Å². The van der Waals surface area contributed by atoms with E-state index in [4.69, 9.17) is 0 Å².